The van der Waals surface area contributed by atoms with Gasteiger partial charge in [0.05, 0.1) is 24.1 Å². The number of hydrogen-bond acceptors (Lipinski definition) is 14. The number of esters is 4. The van der Waals surface area contributed by atoms with Crippen LogP contribution in [-0.4, -0.2) is 107 Å². The Kier molecular flexibility index (Phi) is 39.4. The molecular weight excluding hydrogens is 1020 g/mol. The first-order valence-corrected chi connectivity index (χ1v) is 32.4. The van der Waals surface area contributed by atoms with Gasteiger partial charge in [0, 0.05) is 58.4 Å². The van der Waals surface area contributed by atoms with Crippen LogP contribution in [0, 0.1) is 17.2 Å². The van der Waals surface area contributed by atoms with Gasteiger partial charge in [-0.1, -0.05) is 194 Å². The molecule has 1 saturated heterocycles. The van der Waals surface area contributed by atoms with Crippen LogP contribution in [-0.2, 0) is 42.9 Å². The highest BCUT2D eigenvalue weighted by atomic mass is 16.6. The molecule has 2 aromatic heterocycles. The van der Waals surface area contributed by atoms with Gasteiger partial charge >= 0.3 is 23.9 Å². The number of carbonyl (C=O) groups is 6. The molecular formula is C65H108N6O10. The zero-order valence-corrected chi connectivity index (χ0v) is 51.0. The molecule has 1 aliphatic rings. The third kappa shape index (κ3) is 31.8. The summed E-state index contributed by atoms with van der Waals surface area (Å²) in [7, 11) is 1.94. The fourth-order valence-corrected chi connectivity index (χ4v) is 10.8. The first-order valence-electron chi connectivity index (χ1n) is 32.4. The Balaban J connectivity index is 1.29. The fraction of sp³-hybridized carbons (Fsp3) is 0.800. The average molecular weight is 1130 g/mol. The average Bonchev–Trinajstić information content (AvgIpc) is 3.92. The Morgan fingerprint density at radius 3 is 1.48 bits per heavy atom. The first kappa shape index (κ1) is 70.2. The Bertz CT molecular complexity index is 2040. The molecule has 3 heterocycles. The van der Waals surface area contributed by atoms with Crippen molar-refractivity contribution in [3.05, 3.63) is 18.6 Å². The summed E-state index contributed by atoms with van der Waals surface area (Å²) in [4.78, 5) is 89.4. The third-order valence-corrected chi connectivity index (χ3v) is 16.0. The highest BCUT2D eigenvalue weighted by Gasteiger charge is 2.33. The second-order valence-corrected chi connectivity index (χ2v) is 23.0. The van der Waals surface area contributed by atoms with Crippen LogP contribution in [0.2, 0.25) is 0 Å². The molecule has 1 aliphatic heterocycles. The van der Waals surface area contributed by atoms with E-state index in [1.54, 1.807) is 11.1 Å². The molecule has 458 valence electrons. The van der Waals surface area contributed by atoms with Gasteiger partial charge in [-0.15, -0.1) is 0 Å². The minimum absolute atomic E-state index is 0.0193. The number of hydrogen-bond donors (Lipinski definition) is 0. The Morgan fingerprint density at radius 1 is 0.580 bits per heavy atom. The van der Waals surface area contributed by atoms with E-state index in [0.29, 0.717) is 69.5 Å². The summed E-state index contributed by atoms with van der Waals surface area (Å²) in [6.45, 7) is 7.68. The smallest absolute Gasteiger partial charge is 0.306 e. The van der Waals surface area contributed by atoms with Crippen molar-refractivity contribution in [2.75, 3.05) is 44.9 Å². The first-order chi connectivity index (χ1) is 39.5. The minimum atomic E-state index is -0.868. The minimum Gasteiger partial charge on any atom is -0.466 e. The van der Waals surface area contributed by atoms with Crippen molar-refractivity contribution in [3.8, 4) is 6.07 Å². The summed E-state index contributed by atoms with van der Waals surface area (Å²) >= 11 is 0. The molecule has 0 N–H and O–H groups in total. The van der Waals surface area contributed by atoms with Gasteiger partial charge in [0.1, 0.15) is 31.8 Å². The number of nitriles is 1. The largest absolute Gasteiger partial charge is 0.466 e. The van der Waals surface area contributed by atoms with E-state index >= 15 is 0 Å². The number of piperidine rings is 1. The van der Waals surface area contributed by atoms with Gasteiger partial charge in [-0.25, -0.2) is 9.97 Å². The van der Waals surface area contributed by atoms with Crippen LogP contribution in [0.3, 0.4) is 0 Å². The predicted molar refractivity (Wildman–Crippen MR) is 320 cm³/mol. The molecule has 1 amide bonds. The van der Waals surface area contributed by atoms with Crippen molar-refractivity contribution >= 4 is 52.5 Å². The number of anilines is 1. The summed E-state index contributed by atoms with van der Waals surface area (Å²) in [5, 5.41) is 9.77. The van der Waals surface area contributed by atoms with Crippen LogP contribution >= 0.6 is 0 Å². The van der Waals surface area contributed by atoms with Crippen LogP contribution in [0.1, 0.15) is 282 Å². The monoisotopic (exact) mass is 1130 g/mol. The van der Waals surface area contributed by atoms with Gasteiger partial charge in [-0.2, -0.15) is 5.26 Å². The molecule has 16 nitrogen and oxygen atoms in total. The van der Waals surface area contributed by atoms with Crippen molar-refractivity contribution in [3.63, 3.8) is 0 Å². The van der Waals surface area contributed by atoms with Crippen molar-refractivity contribution in [1.29, 1.82) is 5.26 Å². The van der Waals surface area contributed by atoms with E-state index < -0.39 is 12.1 Å². The Morgan fingerprint density at radius 2 is 1.01 bits per heavy atom. The zero-order chi connectivity index (χ0) is 58.6. The van der Waals surface area contributed by atoms with Gasteiger partial charge in [-0.3, -0.25) is 33.3 Å². The number of rotatable bonds is 49. The molecule has 3 rings (SSSR count). The topological polar surface area (TPSA) is 200 Å². The number of fused-ring (bicyclic) bond motifs is 1. The maximum atomic E-state index is 13.3. The molecule has 81 heavy (non-hydrogen) atoms. The summed E-state index contributed by atoms with van der Waals surface area (Å²) < 4.78 is 23.8. The number of aromatic nitrogens is 3. The van der Waals surface area contributed by atoms with E-state index in [-0.39, 0.29) is 80.8 Å². The van der Waals surface area contributed by atoms with Crippen molar-refractivity contribution < 1.29 is 47.7 Å². The lowest BCUT2D eigenvalue weighted by Crippen LogP contribution is -2.52. The van der Waals surface area contributed by atoms with Crippen LogP contribution in [0.5, 0.6) is 0 Å². The highest BCUT2D eigenvalue weighted by molar-refractivity contribution is 5.95. The van der Waals surface area contributed by atoms with Crippen molar-refractivity contribution in [1.82, 2.24) is 19.4 Å². The molecule has 0 bridgehead atoms. The van der Waals surface area contributed by atoms with Gasteiger partial charge in [0.2, 0.25) is 11.8 Å². The van der Waals surface area contributed by atoms with E-state index in [9.17, 15) is 28.8 Å². The van der Waals surface area contributed by atoms with E-state index in [1.165, 1.54) is 139 Å². The molecule has 0 aromatic carbocycles. The number of ether oxygens (including phenoxy) is 4. The lowest BCUT2D eigenvalue weighted by molar-refractivity contribution is -0.167. The second-order valence-electron chi connectivity index (χ2n) is 23.0. The number of likely N-dealkylation sites (tertiary alicyclic amines) is 1. The lowest BCUT2D eigenvalue weighted by atomic mass is 9.92. The van der Waals surface area contributed by atoms with Crippen LogP contribution in [0.25, 0.3) is 11.0 Å². The molecule has 0 spiro atoms. The van der Waals surface area contributed by atoms with Gasteiger partial charge in [-0.05, 0) is 56.9 Å². The zero-order valence-electron chi connectivity index (χ0n) is 51.0. The van der Waals surface area contributed by atoms with Crippen LogP contribution in [0.4, 0.5) is 5.82 Å². The Hall–Kier alpha value is -5.07. The van der Waals surface area contributed by atoms with E-state index in [4.69, 9.17) is 24.2 Å². The predicted octanol–water partition coefficient (Wildman–Crippen LogP) is 15.1. The Labute approximate surface area is 488 Å². The fourth-order valence-electron chi connectivity index (χ4n) is 10.8. The molecule has 0 unspecified atom stereocenters. The summed E-state index contributed by atoms with van der Waals surface area (Å²) in [6.07, 6.45) is 40.8. The van der Waals surface area contributed by atoms with Gasteiger partial charge < -0.3 is 28.7 Å². The maximum Gasteiger partial charge on any atom is 0.306 e. The second kappa shape index (κ2) is 45.4. The van der Waals surface area contributed by atoms with Crippen LogP contribution < -0.4 is 4.90 Å². The van der Waals surface area contributed by atoms with Gasteiger partial charge in [0.25, 0.3) is 0 Å². The number of likely N-dealkylation sites (N-methyl/N-ethyl adjacent to an activating group) is 1. The van der Waals surface area contributed by atoms with Crippen molar-refractivity contribution in [2.45, 2.75) is 290 Å². The summed E-state index contributed by atoms with van der Waals surface area (Å²) in [5.41, 5.74) is 0.507. The highest BCUT2D eigenvalue weighted by Crippen LogP contribution is 2.30. The summed E-state index contributed by atoms with van der Waals surface area (Å²) in [6, 6.07) is 3.77. The number of unbranched alkanes of at least 4 members (excludes halogenated alkanes) is 29. The molecule has 0 saturated carbocycles. The lowest BCUT2D eigenvalue weighted by Gasteiger charge is -2.42. The van der Waals surface area contributed by atoms with E-state index in [2.05, 4.69) is 30.7 Å². The normalized spacial score (nSPS) is 14.2. The molecule has 16 heteroatoms. The number of amides is 1. The van der Waals surface area contributed by atoms with E-state index in [1.807, 2.05) is 24.1 Å². The molecule has 2 atom stereocenters. The maximum absolute atomic E-state index is 13.3. The number of nitrogens with zero attached hydrogens (tertiary/aromatic N) is 6. The molecule has 2 aromatic rings. The number of carbonyl (C=O) groups excluding carboxylic acids is 6. The van der Waals surface area contributed by atoms with Crippen molar-refractivity contribution in [2.24, 2.45) is 5.92 Å². The van der Waals surface area contributed by atoms with Crippen LogP contribution in [0.15, 0.2) is 18.6 Å². The molecule has 0 radical (unpaired) electrons. The van der Waals surface area contributed by atoms with E-state index in [0.717, 1.165) is 69.6 Å². The van der Waals surface area contributed by atoms with Gasteiger partial charge in [0.15, 0.2) is 11.8 Å². The molecule has 1 fully saturated rings. The summed E-state index contributed by atoms with van der Waals surface area (Å²) in [5.74, 6) is -0.707. The standard InChI is InChI=1S/C65H108N6O10/c1-5-7-9-11-13-15-17-19-21-23-25-28-33-40-61(75)79-51-55(52-80-62(76)41-34-29-26-24-22-20-18-16-14-12-10-8-6-2)81-63(77)42-35-31-27-30-32-39-60(74)78-49-37-36-38-59(73)71-48-45-56-64(67-53-68-65(56)71)69(4)57-50-70(47-44-54(57)3)58(72)43-46-66/h45,48,53-55,57H,5-44,47,49-52H2,1-4H3/t54-,57+/m1/s1. The SMILES string of the molecule is CCCCCCCCCCCCCCCC(=O)OCC(COC(=O)CCCCCCCCCCCCCCC)OC(=O)CCCCCCCC(=O)OCCCCC(=O)n1ccc2c(N(C)[C@H]3CN(C(=O)CC#N)CC[C@H]3C)ncnc21. The molecule has 0 aliphatic carbocycles. The quantitative estimate of drug-likeness (QED) is 0.0344. The third-order valence-electron chi connectivity index (χ3n) is 16.0.